The first-order valence-electron chi connectivity index (χ1n) is 11.7. The Bertz CT molecular complexity index is 1000. The molecule has 1 amide bonds. The highest BCUT2D eigenvalue weighted by molar-refractivity contribution is 6.32. The summed E-state index contributed by atoms with van der Waals surface area (Å²) in [5.41, 5.74) is 1.97. The second-order valence-electron chi connectivity index (χ2n) is 9.66. The molecule has 0 bridgehead atoms. The third-order valence-electron chi connectivity index (χ3n) is 6.08. The number of alkyl halides is 2. The third-order valence-corrected chi connectivity index (χ3v) is 6.36. The maximum absolute atomic E-state index is 13.7. The normalized spacial score (nSPS) is 19.8. The van der Waals surface area contributed by atoms with Crippen molar-refractivity contribution in [1.29, 1.82) is 0 Å². The number of likely N-dealkylation sites (tertiary alicyclic amines) is 1. The minimum atomic E-state index is -3.09. The van der Waals surface area contributed by atoms with Crippen molar-refractivity contribution in [3.8, 4) is 11.5 Å². The van der Waals surface area contributed by atoms with Gasteiger partial charge in [0.25, 0.3) is 0 Å². The van der Waals surface area contributed by atoms with E-state index >= 15 is 0 Å². The maximum atomic E-state index is 13.7. The molecular weight excluding hydrogens is 462 g/mol. The van der Waals surface area contributed by atoms with Gasteiger partial charge in [0.2, 0.25) is 5.91 Å². The van der Waals surface area contributed by atoms with Gasteiger partial charge < -0.3 is 14.4 Å². The fraction of sp³-hybridized carbons (Fsp3) is 0.500. The van der Waals surface area contributed by atoms with Crippen LogP contribution in [0, 0.1) is 11.8 Å². The number of hydrogen-bond acceptors (Lipinski definition) is 4. The van der Waals surface area contributed by atoms with Gasteiger partial charge in [0.1, 0.15) is 0 Å². The molecule has 2 aliphatic rings. The molecule has 8 heteroatoms. The smallest absolute Gasteiger partial charge is 0.314 e. The zero-order valence-electron chi connectivity index (χ0n) is 19.6. The average Bonchev–Trinajstić information content (AvgIpc) is 3.18. The summed E-state index contributed by atoms with van der Waals surface area (Å²) in [6.45, 7) is 5.95. The van der Waals surface area contributed by atoms with Gasteiger partial charge in [-0.2, -0.15) is 8.78 Å². The van der Waals surface area contributed by atoms with Crippen LogP contribution in [0.4, 0.5) is 8.78 Å². The summed E-state index contributed by atoms with van der Waals surface area (Å²) in [7, 11) is 0. The molecule has 1 saturated heterocycles. The molecule has 0 aliphatic carbocycles. The molecule has 0 unspecified atom stereocenters. The van der Waals surface area contributed by atoms with Gasteiger partial charge in [-0.15, -0.1) is 0 Å². The van der Waals surface area contributed by atoms with Crippen LogP contribution in [0.15, 0.2) is 42.5 Å². The molecular formula is C26H31ClF2N2O3. The number of nitrogens with zero attached hydrogens (tertiary/aromatic N) is 2. The van der Waals surface area contributed by atoms with E-state index in [0.717, 1.165) is 31.6 Å². The van der Waals surface area contributed by atoms with Crippen molar-refractivity contribution in [2.24, 2.45) is 11.8 Å². The van der Waals surface area contributed by atoms with Crippen LogP contribution in [0.2, 0.25) is 5.02 Å². The van der Waals surface area contributed by atoms with Crippen LogP contribution >= 0.6 is 11.6 Å². The van der Waals surface area contributed by atoms with Gasteiger partial charge >= 0.3 is 5.92 Å². The summed E-state index contributed by atoms with van der Waals surface area (Å²) in [6.07, 6.45) is 0.817. The molecule has 0 spiro atoms. The fourth-order valence-corrected chi connectivity index (χ4v) is 4.82. The lowest BCUT2D eigenvalue weighted by molar-refractivity contribution is -0.136. The van der Waals surface area contributed by atoms with Crippen molar-refractivity contribution in [2.45, 2.75) is 39.3 Å². The van der Waals surface area contributed by atoms with Gasteiger partial charge in [-0.05, 0) is 42.1 Å². The van der Waals surface area contributed by atoms with Gasteiger partial charge in [0, 0.05) is 26.2 Å². The number of carbonyl (C=O) groups excluding carboxylic acids is 1. The van der Waals surface area contributed by atoms with Crippen LogP contribution in [0.25, 0.3) is 0 Å². The monoisotopic (exact) mass is 492 g/mol. The van der Waals surface area contributed by atoms with Gasteiger partial charge in [0.15, 0.2) is 24.7 Å². The highest BCUT2D eigenvalue weighted by Crippen LogP contribution is 2.40. The third kappa shape index (κ3) is 6.19. The zero-order chi connectivity index (χ0) is 24.3. The molecule has 0 saturated carbocycles. The number of hydrogen-bond donors (Lipinski definition) is 0. The van der Waals surface area contributed by atoms with E-state index in [-0.39, 0.29) is 34.3 Å². The molecule has 1 atom stereocenters. The number of rotatable bonds is 7. The summed E-state index contributed by atoms with van der Waals surface area (Å²) in [5.74, 6) is -2.46. The van der Waals surface area contributed by atoms with E-state index in [0.29, 0.717) is 13.1 Å². The number of fused-ring (bicyclic) bond motifs is 1. The Balaban J connectivity index is 1.46. The van der Waals surface area contributed by atoms with Crippen LogP contribution < -0.4 is 9.47 Å². The van der Waals surface area contributed by atoms with E-state index in [2.05, 4.69) is 30.9 Å². The summed E-state index contributed by atoms with van der Waals surface area (Å²) in [6, 6.07) is 13.6. The van der Waals surface area contributed by atoms with Crippen LogP contribution in [-0.4, -0.2) is 54.5 Å². The van der Waals surface area contributed by atoms with E-state index in [4.69, 9.17) is 21.1 Å². The standard InChI is InChI=1S/C26H31ClF2N2O3/c1-18(2)12-31(25(32)21-8-9-30(15-21)13-19-6-4-3-5-7-19)14-20-10-22(27)24-23(11-20)33-16-26(28,29)17-34-24/h3-7,10-11,18,21H,8-9,12-17H2,1-2H3/t21-/m1/s1. The highest BCUT2D eigenvalue weighted by atomic mass is 35.5. The molecule has 2 heterocycles. The quantitative estimate of drug-likeness (QED) is 0.529. The predicted octanol–water partition coefficient (Wildman–Crippen LogP) is 5.25. The number of carbonyl (C=O) groups is 1. The lowest BCUT2D eigenvalue weighted by Gasteiger charge is -2.28. The number of ether oxygens (including phenoxy) is 2. The van der Waals surface area contributed by atoms with Crippen molar-refractivity contribution < 1.29 is 23.0 Å². The van der Waals surface area contributed by atoms with E-state index < -0.39 is 19.1 Å². The van der Waals surface area contributed by atoms with Crippen LogP contribution in [0.3, 0.4) is 0 Å². The molecule has 5 nitrogen and oxygen atoms in total. The minimum absolute atomic E-state index is 0.0722. The van der Waals surface area contributed by atoms with Crippen molar-refractivity contribution >= 4 is 17.5 Å². The zero-order valence-corrected chi connectivity index (χ0v) is 20.4. The van der Waals surface area contributed by atoms with Crippen molar-refractivity contribution in [3.05, 3.63) is 58.6 Å². The molecule has 34 heavy (non-hydrogen) atoms. The number of halogens is 3. The first-order valence-corrected chi connectivity index (χ1v) is 12.1. The molecule has 2 aromatic rings. The first-order chi connectivity index (χ1) is 16.2. The average molecular weight is 493 g/mol. The largest absolute Gasteiger partial charge is 0.483 e. The second-order valence-corrected chi connectivity index (χ2v) is 10.1. The van der Waals surface area contributed by atoms with E-state index in [9.17, 15) is 13.6 Å². The first kappa shape index (κ1) is 24.7. The molecule has 0 N–H and O–H groups in total. The minimum Gasteiger partial charge on any atom is -0.483 e. The Labute approximate surface area is 204 Å². The van der Waals surface area contributed by atoms with Gasteiger partial charge in [0.05, 0.1) is 10.9 Å². The Morgan fingerprint density at radius 1 is 1.18 bits per heavy atom. The molecule has 4 rings (SSSR count). The fourth-order valence-electron chi connectivity index (χ4n) is 4.53. The van der Waals surface area contributed by atoms with E-state index in [1.165, 1.54) is 5.56 Å². The van der Waals surface area contributed by atoms with Crippen LogP contribution in [-0.2, 0) is 17.9 Å². The molecule has 2 aliphatic heterocycles. The summed E-state index contributed by atoms with van der Waals surface area (Å²) in [4.78, 5) is 17.7. The van der Waals surface area contributed by atoms with Crippen molar-refractivity contribution in [2.75, 3.05) is 32.8 Å². The summed E-state index contributed by atoms with van der Waals surface area (Å²) < 4.78 is 38.0. The van der Waals surface area contributed by atoms with Gasteiger partial charge in [-0.3, -0.25) is 9.69 Å². The van der Waals surface area contributed by atoms with Crippen molar-refractivity contribution in [3.63, 3.8) is 0 Å². The van der Waals surface area contributed by atoms with Gasteiger partial charge in [-0.25, -0.2) is 0 Å². The molecule has 184 valence electrons. The SMILES string of the molecule is CC(C)CN(Cc1cc(Cl)c2c(c1)OCC(F)(F)CO2)C(=O)[C@@H]1CCN(Cc2ccccc2)C1. The van der Waals surface area contributed by atoms with E-state index in [1.807, 2.05) is 23.1 Å². The van der Waals surface area contributed by atoms with Crippen LogP contribution in [0.5, 0.6) is 11.5 Å². The number of benzene rings is 2. The molecule has 0 aromatic heterocycles. The number of amides is 1. The molecule has 2 aromatic carbocycles. The van der Waals surface area contributed by atoms with Crippen LogP contribution in [0.1, 0.15) is 31.4 Å². The topological polar surface area (TPSA) is 42.0 Å². The highest BCUT2D eigenvalue weighted by Gasteiger charge is 2.36. The molecule has 0 radical (unpaired) electrons. The second kappa shape index (κ2) is 10.5. The molecule has 1 fully saturated rings. The lowest BCUT2D eigenvalue weighted by atomic mass is 10.0. The van der Waals surface area contributed by atoms with E-state index in [1.54, 1.807) is 12.1 Å². The lowest BCUT2D eigenvalue weighted by Crippen LogP contribution is -2.39. The Morgan fingerprint density at radius 3 is 2.65 bits per heavy atom. The Kier molecular flexibility index (Phi) is 7.63. The Morgan fingerprint density at radius 2 is 1.91 bits per heavy atom. The Hall–Kier alpha value is -2.38. The predicted molar refractivity (Wildman–Crippen MR) is 127 cm³/mol. The summed E-state index contributed by atoms with van der Waals surface area (Å²) >= 11 is 6.34. The maximum Gasteiger partial charge on any atom is 0.314 e. The van der Waals surface area contributed by atoms with Gasteiger partial charge in [-0.1, -0.05) is 55.8 Å². The summed E-state index contributed by atoms with van der Waals surface area (Å²) in [5, 5.41) is 0.206. The van der Waals surface area contributed by atoms with Crippen molar-refractivity contribution in [1.82, 2.24) is 9.80 Å².